The van der Waals surface area contributed by atoms with E-state index in [4.69, 9.17) is 16.7 Å². The maximum Gasteiger partial charge on any atom is 0.321 e. The molecule has 1 heterocycles. The molecule has 0 aliphatic rings. The molecule has 0 aromatic carbocycles. The lowest BCUT2D eigenvalue weighted by Gasteiger charge is -2.20. The third-order valence-electron chi connectivity index (χ3n) is 2.26. The topological polar surface area (TPSA) is 87.6 Å². The van der Waals surface area contributed by atoms with E-state index in [1.54, 1.807) is 0 Å². The number of likely N-dealkylation sites (N-methyl/N-ethyl adjacent to an activating group) is 1. The summed E-state index contributed by atoms with van der Waals surface area (Å²) in [6.07, 6.45) is 2.41. The fourth-order valence-corrected chi connectivity index (χ4v) is 2.61. The first-order valence-electron chi connectivity index (χ1n) is 4.58. The van der Waals surface area contributed by atoms with Gasteiger partial charge in [0.05, 0.1) is 5.02 Å². The molecule has 17 heavy (non-hydrogen) atoms. The molecule has 1 atom stereocenters. The number of rotatable bonds is 4. The number of aliphatic carboxylic acids is 1. The van der Waals surface area contributed by atoms with Crippen LogP contribution in [-0.4, -0.2) is 41.9 Å². The van der Waals surface area contributed by atoms with Gasteiger partial charge in [-0.1, -0.05) is 11.6 Å². The first kappa shape index (κ1) is 13.9. The largest absolute Gasteiger partial charge is 0.480 e. The normalized spacial score (nSPS) is 13.6. The van der Waals surface area contributed by atoms with Gasteiger partial charge in [0.1, 0.15) is 10.9 Å². The number of halogens is 1. The molecule has 1 aromatic rings. The number of hydrogen-bond acceptors (Lipinski definition) is 4. The molecule has 1 rings (SSSR count). The second-order valence-electron chi connectivity index (χ2n) is 3.37. The van der Waals surface area contributed by atoms with Crippen molar-refractivity contribution in [1.29, 1.82) is 0 Å². The molecule has 0 amide bonds. The van der Waals surface area contributed by atoms with E-state index in [0.717, 1.165) is 10.5 Å². The first-order chi connectivity index (χ1) is 7.76. The van der Waals surface area contributed by atoms with Crippen molar-refractivity contribution in [3.8, 4) is 0 Å². The number of sulfonamides is 1. The summed E-state index contributed by atoms with van der Waals surface area (Å²) in [5, 5.41) is 8.94. The zero-order valence-electron chi connectivity index (χ0n) is 9.16. The number of aromatic nitrogens is 1. The van der Waals surface area contributed by atoms with Gasteiger partial charge in [-0.05, 0) is 13.0 Å². The molecule has 94 valence electrons. The summed E-state index contributed by atoms with van der Waals surface area (Å²) in [7, 11) is -2.71. The van der Waals surface area contributed by atoms with Crippen LogP contribution >= 0.6 is 11.6 Å². The highest BCUT2D eigenvalue weighted by atomic mass is 35.5. The maximum absolute atomic E-state index is 12.0. The molecule has 0 fully saturated rings. The molecule has 8 heteroatoms. The maximum atomic E-state index is 12.0. The predicted molar refractivity (Wildman–Crippen MR) is 61.3 cm³/mol. The second kappa shape index (κ2) is 4.99. The Balaban J connectivity index is 3.16. The van der Waals surface area contributed by atoms with Gasteiger partial charge in [-0.25, -0.2) is 8.42 Å². The molecule has 1 aromatic heterocycles. The van der Waals surface area contributed by atoms with E-state index in [2.05, 4.69) is 4.98 Å². The Kier molecular flexibility index (Phi) is 4.07. The van der Waals surface area contributed by atoms with E-state index in [1.807, 2.05) is 0 Å². The van der Waals surface area contributed by atoms with Crippen molar-refractivity contribution in [2.24, 2.45) is 0 Å². The Morgan fingerprint density at radius 2 is 2.12 bits per heavy atom. The summed E-state index contributed by atoms with van der Waals surface area (Å²) in [5.41, 5.74) is 0. The molecular weight excluding hydrogens is 268 g/mol. The summed E-state index contributed by atoms with van der Waals surface area (Å²) in [4.78, 5) is 14.3. The predicted octanol–water partition coefficient (Wildman–Crippen LogP) is 0.829. The summed E-state index contributed by atoms with van der Waals surface area (Å²) < 4.78 is 24.7. The fraction of sp³-hybridized carbons (Fsp3) is 0.333. The lowest BCUT2D eigenvalue weighted by atomic mass is 10.4. The van der Waals surface area contributed by atoms with Crippen molar-refractivity contribution in [1.82, 2.24) is 9.29 Å². The van der Waals surface area contributed by atoms with Gasteiger partial charge in [0, 0.05) is 19.4 Å². The van der Waals surface area contributed by atoms with Gasteiger partial charge < -0.3 is 5.11 Å². The van der Waals surface area contributed by atoms with Crippen LogP contribution < -0.4 is 0 Å². The lowest BCUT2D eigenvalue weighted by molar-refractivity contribution is -0.140. The average Bonchev–Trinajstić information content (AvgIpc) is 2.26. The molecule has 0 radical (unpaired) electrons. The van der Waals surface area contributed by atoms with Crippen LogP contribution in [0.4, 0.5) is 0 Å². The third-order valence-corrected chi connectivity index (χ3v) is 4.36. The van der Waals surface area contributed by atoms with Crippen molar-refractivity contribution in [3.63, 3.8) is 0 Å². The van der Waals surface area contributed by atoms with Gasteiger partial charge in [0.25, 0.3) is 0 Å². The number of nitrogens with zero attached hydrogens (tertiary/aromatic N) is 2. The Bertz CT molecular complexity index is 532. The zero-order chi connectivity index (χ0) is 13.2. The summed E-state index contributed by atoms with van der Waals surface area (Å²) in [6, 6.07) is 0.0496. The Hall–Kier alpha value is -1.18. The molecule has 6 nitrogen and oxygen atoms in total. The van der Waals surface area contributed by atoms with Crippen LogP contribution in [0.5, 0.6) is 0 Å². The highest BCUT2D eigenvalue weighted by molar-refractivity contribution is 7.89. The average molecular weight is 279 g/mol. The minimum atomic E-state index is -3.90. The highest BCUT2D eigenvalue weighted by Crippen LogP contribution is 2.18. The Morgan fingerprint density at radius 1 is 1.53 bits per heavy atom. The Labute approximate surface area is 104 Å². The number of carboxylic acids is 1. The van der Waals surface area contributed by atoms with Crippen molar-refractivity contribution in [2.45, 2.75) is 17.9 Å². The van der Waals surface area contributed by atoms with Crippen molar-refractivity contribution >= 4 is 27.6 Å². The van der Waals surface area contributed by atoms with Crippen LogP contribution in [0.15, 0.2) is 23.4 Å². The smallest absolute Gasteiger partial charge is 0.321 e. The van der Waals surface area contributed by atoms with Crippen LogP contribution in [-0.2, 0) is 14.8 Å². The van der Waals surface area contributed by atoms with E-state index in [0.29, 0.717) is 0 Å². The van der Waals surface area contributed by atoms with Crippen LogP contribution in [0.3, 0.4) is 0 Å². The molecule has 0 aliphatic carbocycles. The van der Waals surface area contributed by atoms with E-state index >= 15 is 0 Å². The van der Waals surface area contributed by atoms with Gasteiger partial charge in [-0.15, -0.1) is 0 Å². The quantitative estimate of drug-likeness (QED) is 0.881. The standard InChI is InChI=1S/C9H11ClN2O4S/c1-6(9(13)14)12(2)17(15,16)8-3-7(10)4-11-5-8/h3-6H,1-2H3,(H,13,14). The summed E-state index contributed by atoms with van der Waals surface area (Å²) in [6.45, 7) is 1.28. The van der Waals surface area contributed by atoms with Crippen molar-refractivity contribution in [3.05, 3.63) is 23.5 Å². The van der Waals surface area contributed by atoms with E-state index in [9.17, 15) is 13.2 Å². The van der Waals surface area contributed by atoms with Gasteiger partial charge in [0.15, 0.2) is 0 Å². The van der Waals surface area contributed by atoms with Crippen molar-refractivity contribution < 1.29 is 18.3 Å². The first-order valence-corrected chi connectivity index (χ1v) is 6.40. The van der Waals surface area contributed by atoms with Crippen LogP contribution in [0.2, 0.25) is 5.02 Å². The molecule has 0 spiro atoms. The number of pyridine rings is 1. The van der Waals surface area contributed by atoms with Gasteiger partial charge in [0.2, 0.25) is 10.0 Å². The van der Waals surface area contributed by atoms with E-state index < -0.39 is 22.0 Å². The molecule has 0 aliphatic heterocycles. The number of carbonyl (C=O) groups is 1. The minimum Gasteiger partial charge on any atom is -0.480 e. The van der Waals surface area contributed by atoms with E-state index in [1.165, 1.54) is 26.2 Å². The van der Waals surface area contributed by atoms with Gasteiger partial charge >= 0.3 is 5.97 Å². The second-order valence-corrected chi connectivity index (χ2v) is 5.81. The third kappa shape index (κ3) is 2.93. The number of carboxylic acid groups (broad SMARTS) is 1. The highest BCUT2D eigenvalue weighted by Gasteiger charge is 2.29. The molecule has 0 saturated heterocycles. The van der Waals surface area contributed by atoms with Crippen LogP contribution in [0, 0.1) is 0 Å². The van der Waals surface area contributed by atoms with Gasteiger partial charge in [-0.3, -0.25) is 9.78 Å². The summed E-state index contributed by atoms with van der Waals surface area (Å²) in [5.74, 6) is -1.23. The summed E-state index contributed by atoms with van der Waals surface area (Å²) >= 11 is 5.64. The molecule has 0 saturated carbocycles. The molecule has 0 bridgehead atoms. The lowest BCUT2D eigenvalue weighted by Crippen LogP contribution is -2.40. The molecule has 1 unspecified atom stereocenters. The number of hydrogen-bond donors (Lipinski definition) is 1. The van der Waals surface area contributed by atoms with Crippen LogP contribution in [0.1, 0.15) is 6.92 Å². The zero-order valence-corrected chi connectivity index (χ0v) is 10.7. The Morgan fingerprint density at radius 3 is 2.59 bits per heavy atom. The van der Waals surface area contributed by atoms with E-state index in [-0.39, 0.29) is 9.92 Å². The van der Waals surface area contributed by atoms with Gasteiger partial charge in [-0.2, -0.15) is 4.31 Å². The molecule has 1 N–H and O–H groups in total. The SMILES string of the molecule is CC(C(=O)O)N(C)S(=O)(=O)c1cncc(Cl)c1. The fourth-order valence-electron chi connectivity index (χ4n) is 1.06. The van der Waals surface area contributed by atoms with Crippen LogP contribution in [0.25, 0.3) is 0 Å². The monoisotopic (exact) mass is 278 g/mol. The minimum absolute atomic E-state index is 0.138. The molecular formula is C9H11ClN2O4S. The van der Waals surface area contributed by atoms with Crippen molar-refractivity contribution in [2.75, 3.05) is 7.05 Å².